The van der Waals surface area contributed by atoms with Gasteiger partial charge in [-0.05, 0) is 61.7 Å². The first kappa shape index (κ1) is 19.5. The third-order valence-electron chi connectivity index (χ3n) is 5.58. The monoisotopic (exact) mass is 392 g/mol. The Labute approximate surface area is 171 Å². The molecular formula is C24H28N2O3. The van der Waals surface area contributed by atoms with Crippen molar-refractivity contribution in [1.82, 2.24) is 4.90 Å². The molecular weight excluding hydrogens is 364 g/mol. The Kier molecular flexibility index (Phi) is 5.58. The summed E-state index contributed by atoms with van der Waals surface area (Å²) in [7, 11) is 0. The van der Waals surface area contributed by atoms with Gasteiger partial charge in [-0.25, -0.2) is 4.79 Å². The van der Waals surface area contributed by atoms with E-state index in [1.165, 1.54) is 16.8 Å². The first-order valence-corrected chi connectivity index (χ1v) is 10.3. The predicted molar refractivity (Wildman–Crippen MR) is 117 cm³/mol. The van der Waals surface area contributed by atoms with Gasteiger partial charge in [-0.1, -0.05) is 12.1 Å². The average Bonchev–Trinajstić information content (AvgIpc) is 2.71. The fourth-order valence-electron chi connectivity index (χ4n) is 4.04. The number of ether oxygens (including phenoxy) is 1. The molecule has 1 aromatic heterocycles. The summed E-state index contributed by atoms with van der Waals surface area (Å²) in [5.74, 6) is 0.801. The summed E-state index contributed by atoms with van der Waals surface area (Å²) in [5.41, 5.74) is 5.25. The Bertz CT molecular complexity index is 1070. The zero-order valence-corrected chi connectivity index (χ0v) is 17.4. The standard InChI is InChI=1S/C24H28N2O3/c1-4-28-20-7-8-23-21(15-20)19(14-24(27)29-23)16-25-9-11-26(12-10-25)22-13-17(2)5-6-18(22)3/h5-8,13-15H,4,9-12,16H2,1-3H3. The van der Waals surface area contributed by atoms with Crippen molar-refractivity contribution in [3.63, 3.8) is 0 Å². The smallest absolute Gasteiger partial charge is 0.336 e. The Morgan fingerprint density at radius 1 is 1.00 bits per heavy atom. The number of benzene rings is 2. The van der Waals surface area contributed by atoms with Crippen molar-refractivity contribution in [1.29, 1.82) is 0 Å². The molecule has 5 nitrogen and oxygen atoms in total. The van der Waals surface area contributed by atoms with Crippen molar-refractivity contribution in [2.45, 2.75) is 27.3 Å². The number of anilines is 1. The number of fused-ring (bicyclic) bond motifs is 1. The lowest BCUT2D eigenvalue weighted by Crippen LogP contribution is -2.46. The van der Waals surface area contributed by atoms with E-state index in [1.807, 2.05) is 25.1 Å². The number of rotatable bonds is 5. The molecule has 0 aliphatic carbocycles. The minimum Gasteiger partial charge on any atom is -0.494 e. The van der Waals surface area contributed by atoms with E-state index in [2.05, 4.69) is 41.8 Å². The van der Waals surface area contributed by atoms with E-state index in [-0.39, 0.29) is 5.63 Å². The molecule has 4 rings (SSSR count). The minimum atomic E-state index is -0.300. The van der Waals surface area contributed by atoms with Gasteiger partial charge in [-0.3, -0.25) is 4.90 Å². The molecule has 0 bridgehead atoms. The van der Waals surface area contributed by atoms with Crippen molar-refractivity contribution in [2.24, 2.45) is 0 Å². The topological polar surface area (TPSA) is 45.9 Å². The number of piperazine rings is 1. The number of hydrogen-bond donors (Lipinski definition) is 0. The molecule has 1 saturated heterocycles. The maximum absolute atomic E-state index is 12.0. The lowest BCUT2D eigenvalue weighted by molar-refractivity contribution is 0.250. The van der Waals surface area contributed by atoms with E-state index in [0.29, 0.717) is 12.2 Å². The van der Waals surface area contributed by atoms with Gasteiger partial charge in [0.25, 0.3) is 0 Å². The molecule has 1 fully saturated rings. The lowest BCUT2D eigenvalue weighted by Gasteiger charge is -2.37. The van der Waals surface area contributed by atoms with Crippen LogP contribution in [0.2, 0.25) is 0 Å². The van der Waals surface area contributed by atoms with Crippen LogP contribution in [0.1, 0.15) is 23.6 Å². The Hall–Kier alpha value is -2.79. The molecule has 5 heteroatoms. The van der Waals surface area contributed by atoms with E-state index in [9.17, 15) is 4.79 Å². The van der Waals surface area contributed by atoms with Gasteiger partial charge in [0.05, 0.1) is 6.61 Å². The van der Waals surface area contributed by atoms with Crippen LogP contribution in [0.25, 0.3) is 11.0 Å². The summed E-state index contributed by atoms with van der Waals surface area (Å²) >= 11 is 0. The maximum Gasteiger partial charge on any atom is 0.336 e. The summed E-state index contributed by atoms with van der Waals surface area (Å²) in [6, 6.07) is 13.9. The molecule has 0 spiro atoms. The van der Waals surface area contributed by atoms with Gasteiger partial charge < -0.3 is 14.1 Å². The van der Waals surface area contributed by atoms with Crippen LogP contribution in [0.4, 0.5) is 5.69 Å². The Morgan fingerprint density at radius 2 is 1.79 bits per heavy atom. The summed E-state index contributed by atoms with van der Waals surface area (Å²) in [4.78, 5) is 16.9. The first-order chi connectivity index (χ1) is 14.0. The molecule has 2 aromatic carbocycles. The van der Waals surface area contributed by atoms with Gasteiger partial charge in [0.15, 0.2) is 0 Å². The highest BCUT2D eigenvalue weighted by Crippen LogP contribution is 2.26. The van der Waals surface area contributed by atoms with Crippen LogP contribution in [0.5, 0.6) is 5.75 Å². The molecule has 3 aromatic rings. The van der Waals surface area contributed by atoms with Gasteiger partial charge in [-0.2, -0.15) is 0 Å². The SMILES string of the molecule is CCOc1ccc2oc(=O)cc(CN3CCN(c4cc(C)ccc4C)CC3)c2c1. The predicted octanol–water partition coefficient (Wildman–Crippen LogP) is 4.13. The largest absolute Gasteiger partial charge is 0.494 e. The van der Waals surface area contributed by atoms with Gasteiger partial charge in [0.1, 0.15) is 11.3 Å². The summed E-state index contributed by atoms with van der Waals surface area (Å²) in [5, 5.41) is 0.951. The van der Waals surface area contributed by atoms with Crippen LogP contribution in [0.3, 0.4) is 0 Å². The van der Waals surface area contributed by atoms with Gasteiger partial charge in [0, 0.05) is 49.9 Å². The van der Waals surface area contributed by atoms with Crippen molar-refractivity contribution < 1.29 is 9.15 Å². The number of aryl methyl sites for hydroxylation is 2. The maximum atomic E-state index is 12.0. The van der Waals surface area contributed by atoms with Crippen molar-refractivity contribution in [3.05, 3.63) is 69.6 Å². The van der Waals surface area contributed by atoms with Gasteiger partial charge in [-0.15, -0.1) is 0 Å². The highest BCUT2D eigenvalue weighted by Gasteiger charge is 2.20. The minimum absolute atomic E-state index is 0.300. The molecule has 0 amide bonds. The number of hydrogen-bond acceptors (Lipinski definition) is 5. The molecule has 0 atom stereocenters. The van der Waals surface area contributed by atoms with Crippen LogP contribution < -0.4 is 15.3 Å². The third-order valence-corrected chi connectivity index (χ3v) is 5.58. The van der Waals surface area contributed by atoms with Gasteiger partial charge in [0.2, 0.25) is 0 Å². The number of nitrogens with zero attached hydrogens (tertiary/aromatic N) is 2. The zero-order valence-electron chi connectivity index (χ0n) is 17.4. The average molecular weight is 392 g/mol. The second kappa shape index (κ2) is 8.29. The molecule has 0 unspecified atom stereocenters. The van der Waals surface area contributed by atoms with Crippen LogP contribution in [-0.2, 0) is 6.54 Å². The summed E-state index contributed by atoms with van der Waals surface area (Å²) < 4.78 is 11.0. The van der Waals surface area contributed by atoms with Crippen LogP contribution in [-0.4, -0.2) is 37.7 Å². The van der Waals surface area contributed by atoms with Crippen LogP contribution in [0, 0.1) is 13.8 Å². The van der Waals surface area contributed by atoms with Crippen molar-refractivity contribution in [3.8, 4) is 5.75 Å². The van der Waals surface area contributed by atoms with E-state index < -0.39 is 0 Å². The molecule has 1 aliphatic rings. The van der Waals surface area contributed by atoms with Crippen molar-refractivity contribution >= 4 is 16.7 Å². The zero-order chi connectivity index (χ0) is 20.4. The summed E-state index contributed by atoms with van der Waals surface area (Å²) in [6.07, 6.45) is 0. The van der Waals surface area contributed by atoms with E-state index in [4.69, 9.17) is 9.15 Å². The lowest BCUT2D eigenvalue weighted by atomic mass is 10.1. The molecule has 1 aliphatic heterocycles. The second-order valence-corrected chi connectivity index (χ2v) is 7.73. The fraction of sp³-hybridized carbons (Fsp3) is 0.375. The van der Waals surface area contributed by atoms with Crippen LogP contribution >= 0.6 is 0 Å². The van der Waals surface area contributed by atoms with Gasteiger partial charge >= 0.3 is 5.63 Å². The quantitative estimate of drug-likeness (QED) is 0.611. The second-order valence-electron chi connectivity index (χ2n) is 7.73. The van der Waals surface area contributed by atoms with Crippen LogP contribution in [0.15, 0.2) is 51.7 Å². The third kappa shape index (κ3) is 4.30. The fourth-order valence-corrected chi connectivity index (χ4v) is 4.04. The molecule has 152 valence electrons. The molecule has 0 saturated carbocycles. The normalized spacial score (nSPS) is 15.1. The van der Waals surface area contributed by atoms with E-state index >= 15 is 0 Å². The van der Waals surface area contributed by atoms with E-state index in [1.54, 1.807) is 6.07 Å². The first-order valence-electron chi connectivity index (χ1n) is 10.3. The molecule has 0 N–H and O–H groups in total. The Morgan fingerprint density at radius 3 is 2.55 bits per heavy atom. The molecule has 0 radical (unpaired) electrons. The van der Waals surface area contributed by atoms with Crippen molar-refractivity contribution in [2.75, 3.05) is 37.7 Å². The van der Waals surface area contributed by atoms with E-state index in [0.717, 1.165) is 49.4 Å². The molecule has 29 heavy (non-hydrogen) atoms. The summed E-state index contributed by atoms with van der Waals surface area (Å²) in [6.45, 7) is 11.5. The highest BCUT2D eigenvalue weighted by molar-refractivity contribution is 5.81. The highest BCUT2D eigenvalue weighted by atomic mass is 16.5. The molecule has 2 heterocycles. The Balaban J connectivity index is 1.52.